The summed E-state index contributed by atoms with van der Waals surface area (Å²) in [5, 5.41) is 0. The minimum atomic E-state index is -0.553. The van der Waals surface area contributed by atoms with Crippen molar-refractivity contribution in [2.45, 2.75) is 258 Å². The maximum absolute atomic E-state index is 12.8. The van der Waals surface area contributed by atoms with Crippen LogP contribution in [-0.4, -0.2) is 37.9 Å². The molecule has 0 aromatic rings. The van der Waals surface area contributed by atoms with Gasteiger partial charge in [0, 0.05) is 19.4 Å². The molecule has 0 N–H and O–H groups in total. The quantitative estimate of drug-likeness (QED) is 0.0346. The van der Waals surface area contributed by atoms with Crippen LogP contribution >= 0.6 is 0 Å². The number of carbonyl (C=O) groups is 2. The van der Waals surface area contributed by atoms with Gasteiger partial charge in [0.1, 0.15) is 6.61 Å². The number of ether oxygens (including phenoxy) is 3. The third-order valence-corrected chi connectivity index (χ3v) is 11.4. The van der Waals surface area contributed by atoms with E-state index >= 15 is 0 Å². The van der Waals surface area contributed by atoms with Gasteiger partial charge in [0.25, 0.3) is 0 Å². The van der Waals surface area contributed by atoms with Crippen LogP contribution in [0.25, 0.3) is 0 Å². The molecular weight excluding hydrogens is 789 g/mol. The van der Waals surface area contributed by atoms with Crippen molar-refractivity contribution in [3.63, 3.8) is 0 Å². The molecule has 0 aliphatic heterocycles. The second-order valence-electron chi connectivity index (χ2n) is 17.7. The van der Waals surface area contributed by atoms with Crippen LogP contribution in [0.2, 0.25) is 0 Å². The van der Waals surface area contributed by atoms with Gasteiger partial charge in [-0.1, -0.05) is 215 Å². The first kappa shape index (κ1) is 61.1. The fraction of sp³-hybridized carbons (Fsp3) is 0.729. The number of hydrogen-bond donors (Lipinski definition) is 0. The molecule has 0 aliphatic carbocycles. The normalized spacial score (nSPS) is 12.9. The second kappa shape index (κ2) is 54.4. The Labute approximate surface area is 397 Å². The van der Waals surface area contributed by atoms with Crippen molar-refractivity contribution in [3.8, 4) is 0 Å². The average molecular weight is 891 g/mol. The molecule has 0 amide bonds. The molecule has 1 unspecified atom stereocenters. The van der Waals surface area contributed by atoms with Crippen molar-refractivity contribution in [3.05, 3.63) is 85.1 Å². The maximum Gasteiger partial charge on any atom is 0.306 e. The molecule has 5 heteroatoms. The van der Waals surface area contributed by atoms with E-state index in [1.54, 1.807) is 0 Å². The maximum atomic E-state index is 12.8. The van der Waals surface area contributed by atoms with Crippen molar-refractivity contribution in [1.82, 2.24) is 0 Å². The minimum absolute atomic E-state index is 0.0696. The van der Waals surface area contributed by atoms with Crippen molar-refractivity contribution in [2.24, 2.45) is 0 Å². The van der Waals surface area contributed by atoms with Crippen LogP contribution < -0.4 is 0 Å². The number of hydrogen-bond acceptors (Lipinski definition) is 5. The third-order valence-electron chi connectivity index (χ3n) is 11.4. The van der Waals surface area contributed by atoms with Crippen LogP contribution in [0.3, 0.4) is 0 Å². The predicted octanol–water partition coefficient (Wildman–Crippen LogP) is 18.5. The predicted molar refractivity (Wildman–Crippen MR) is 279 cm³/mol. The SMILES string of the molecule is CC/C=C\C/C=C\C/C=C\CCCCCCCCCC(=O)OCC(COCCCCCCCCC/C=C\C/C=C\C/C=C\CCCCC)OC(=O)CCCCCCC/C=C\CCCC. The van der Waals surface area contributed by atoms with Gasteiger partial charge >= 0.3 is 11.9 Å². The Bertz CT molecular complexity index is 1190. The lowest BCUT2D eigenvalue weighted by atomic mass is 10.1. The fourth-order valence-corrected chi connectivity index (χ4v) is 7.34. The molecule has 0 spiro atoms. The van der Waals surface area contributed by atoms with E-state index in [1.165, 1.54) is 122 Å². The van der Waals surface area contributed by atoms with Crippen LogP contribution in [-0.2, 0) is 23.8 Å². The number of carbonyl (C=O) groups excluding carboxylic acids is 2. The first-order chi connectivity index (χ1) is 31.6. The molecule has 0 heterocycles. The van der Waals surface area contributed by atoms with Crippen molar-refractivity contribution in [1.29, 1.82) is 0 Å². The Morgan fingerprint density at radius 1 is 0.359 bits per heavy atom. The van der Waals surface area contributed by atoms with Crippen LogP contribution in [0.15, 0.2) is 85.1 Å². The highest BCUT2D eigenvalue weighted by Crippen LogP contribution is 2.14. The van der Waals surface area contributed by atoms with E-state index in [-0.39, 0.29) is 25.2 Å². The van der Waals surface area contributed by atoms with Crippen molar-refractivity contribution < 1.29 is 23.8 Å². The molecule has 0 radical (unpaired) electrons. The lowest BCUT2D eigenvalue weighted by molar-refractivity contribution is -0.163. The Kier molecular flexibility index (Phi) is 51.9. The summed E-state index contributed by atoms with van der Waals surface area (Å²) in [4.78, 5) is 25.4. The summed E-state index contributed by atoms with van der Waals surface area (Å²) >= 11 is 0. The zero-order valence-electron chi connectivity index (χ0n) is 42.3. The first-order valence-electron chi connectivity index (χ1n) is 27.1. The summed E-state index contributed by atoms with van der Waals surface area (Å²) < 4.78 is 17.4. The summed E-state index contributed by atoms with van der Waals surface area (Å²) in [6, 6.07) is 0. The van der Waals surface area contributed by atoms with Gasteiger partial charge in [-0.05, 0) is 109 Å². The molecule has 1 atom stereocenters. The molecule has 368 valence electrons. The van der Waals surface area contributed by atoms with Gasteiger partial charge in [-0.2, -0.15) is 0 Å². The summed E-state index contributed by atoms with van der Waals surface area (Å²) in [5.41, 5.74) is 0. The highest BCUT2D eigenvalue weighted by atomic mass is 16.6. The van der Waals surface area contributed by atoms with E-state index < -0.39 is 6.10 Å². The van der Waals surface area contributed by atoms with Crippen molar-refractivity contribution in [2.75, 3.05) is 19.8 Å². The molecule has 0 rings (SSSR count). The smallest absolute Gasteiger partial charge is 0.306 e. The zero-order chi connectivity index (χ0) is 46.3. The fourth-order valence-electron chi connectivity index (χ4n) is 7.34. The number of unbranched alkanes of at least 4 members (excludes halogenated alkanes) is 24. The first-order valence-corrected chi connectivity index (χ1v) is 27.1. The summed E-state index contributed by atoms with van der Waals surface area (Å²) in [7, 11) is 0. The van der Waals surface area contributed by atoms with E-state index in [1.807, 2.05) is 0 Å². The van der Waals surface area contributed by atoms with Gasteiger partial charge in [0.05, 0.1) is 6.61 Å². The van der Waals surface area contributed by atoms with Gasteiger partial charge in [-0.3, -0.25) is 9.59 Å². The third kappa shape index (κ3) is 51.7. The second-order valence-corrected chi connectivity index (χ2v) is 17.7. The molecule has 0 saturated heterocycles. The molecule has 0 fully saturated rings. The van der Waals surface area contributed by atoms with Gasteiger partial charge < -0.3 is 14.2 Å². The minimum Gasteiger partial charge on any atom is -0.462 e. The van der Waals surface area contributed by atoms with E-state index in [4.69, 9.17) is 14.2 Å². The molecule has 0 aromatic heterocycles. The molecular formula is C59H102O5. The molecule has 5 nitrogen and oxygen atoms in total. The molecule has 0 bridgehead atoms. The van der Waals surface area contributed by atoms with Gasteiger partial charge in [-0.15, -0.1) is 0 Å². The highest BCUT2D eigenvalue weighted by Gasteiger charge is 2.17. The van der Waals surface area contributed by atoms with Gasteiger partial charge in [0.15, 0.2) is 6.10 Å². The monoisotopic (exact) mass is 891 g/mol. The Balaban J connectivity index is 4.26. The highest BCUT2D eigenvalue weighted by molar-refractivity contribution is 5.70. The number of esters is 2. The largest absolute Gasteiger partial charge is 0.462 e. The summed E-state index contributed by atoms with van der Waals surface area (Å²) in [6.07, 6.45) is 71.7. The molecule has 0 aliphatic rings. The van der Waals surface area contributed by atoms with E-state index in [0.29, 0.717) is 19.4 Å². The van der Waals surface area contributed by atoms with Crippen LogP contribution in [0, 0.1) is 0 Å². The van der Waals surface area contributed by atoms with E-state index in [2.05, 4.69) is 106 Å². The Morgan fingerprint density at radius 2 is 0.719 bits per heavy atom. The van der Waals surface area contributed by atoms with E-state index in [0.717, 1.165) is 96.3 Å². The topological polar surface area (TPSA) is 61.8 Å². The number of allylic oxidation sites excluding steroid dienone is 14. The van der Waals surface area contributed by atoms with Crippen LogP contribution in [0.1, 0.15) is 252 Å². The summed E-state index contributed by atoms with van der Waals surface area (Å²) in [5.74, 6) is -0.424. The lowest BCUT2D eigenvalue weighted by Crippen LogP contribution is -2.30. The van der Waals surface area contributed by atoms with Gasteiger partial charge in [-0.25, -0.2) is 0 Å². The zero-order valence-corrected chi connectivity index (χ0v) is 42.3. The molecule has 64 heavy (non-hydrogen) atoms. The van der Waals surface area contributed by atoms with Crippen LogP contribution in [0.4, 0.5) is 0 Å². The van der Waals surface area contributed by atoms with Gasteiger partial charge in [0.2, 0.25) is 0 Å². The molecule has 0 saturated carbocycles. The van der Waals surface area contributed by atoms with E-state index in [9.17, 15) is 9.59 Å². The number of rotatable bonds is 49. The Hall–Kier alpha value is -2.92. The van der Waals surface area contributed by atoms with Crippen LogP contribution in [0.5, 0.6) is 0 Å². The lowest BCUT2D eigenvalue weighted by Gasteiger charge is -2.18. The summed E-state index contributed by atoms with van der Waals surface area (Å²) in [6.45, 7) is 7.62. The average Bonchev–Trinajstić information content (AvgIpc) is 3.30. The standard InChI is InChI=1S/C59H102O5/c1-4-7-10-13-16-19-22-24-26-28-29-30-32-34-36-39-42-45-48-51-54-62-55-57(64-59(61)53-50-47-44-41-37-21-18-15-12-9-6-3)56-63-58(60)52-49-46-43-40-38-35-33-31-27-25-23-20-17-14-11-8-5-2/h8,11,15-20,24-27,29-30,57H,4-7,9-10,12-14,21-23,28,31-56H2,1-3H3/b11-8-,18-15-,19-16-,20-17-,26-24-,27-25-,30-29-. The van der Waals surface area contributed by atoms with Crippen molar-refractivity contribution >= 4 is 11.9 Å². The molecule has 0 aromatic carbocycles. The Morgan fingerprint density at radius 3 is 1.19 bits per heavy atom.